The average molecular weight is 702 g/mol. The van der Waals surface area contributed by atoms with Gasteiger partial charge in [0.25, 0.3) is 5.91 Å². The molecule has 2 aliphatic rings. The van der Waals surface area contributed by atoms with E-state index in [-0.39, 0.29) is 42.3 Å². The Bertz CT molecular complexity index is 1570. The highest BCUT2D eigenvalue weighted by Gasteiger charge is 2.29. The summed E-state index contributed by atoms with van der Waals surface area (Å²) in [5.41, 5.74) is 27.0. The molecule has 4 atom stereocenters. The summed E-state index contributed by atoms with van der Waals surface area (Å²) in [6.07, 6.45) is 1.08. The monoisotopic (exact) mass is 701 g/mol. The summed E-state index contributed by atoms with van der Waals surface area (Å²) < 4.78 is 0. The van der Waals surface area contributed by atoms with Crippen molar-refractivity contribution < 1.29 is 14.4 Å². The molecule has 0 unspecified atom stereocenters. The summed E-state index contributed by atoms with van der Waals surface area (Å²) in [6, 6.07) is 12.8. The van der Waals surface area contributed by atoms with Crippen molar-refractivity contribution in [2.45, 2.75) is 57.3 Å². The molecule has 3 aromatic rings. The molecule has 274 valence electrons. The number of carbonyl (C=O) groups excluding carboxylic acids is 3. The van der Waals surface area contributed by atoms with Crippen molar-refractivity contribution in [3.05, 3.63) is 59.7 Å². The highest BCUT2D eigenvalue weighted by atomic mass is 16.2. The molecule has 2 amide bonds. The van der Waals surface area contributed by atoms with Gasteiger partial charge in [0, 0.05) is 85.9 Å². The molecule has 0 aliphatic carbocycles. The van der Waals surface area contributed by atoms with Crippen molar-refractivity contribution in [1.82, 2.24) is 25.2 Å². The van der Waals surface area contributed by atoms with E-state index in [1.165, 1.54) is 0 Å². The third-order valence-electron chi connectivity index (χ3n) is 9.03. The summed E-state index contributed by atoms with van der Waals surface area (Å²) in [4.78, 5) is 58.4. The van der Waals surface area contributed by atoms with Crippen molar-refractivity contribution in [2.24, 2.45) is 22.9 Å². The van der Waals surface area contributed by atoms with Crippen LogP contribution in [0, 0.1) is 0 Å². The number of aromatic nitrogens is 3. The lowest BCUT2D eigenvalue weighted by molar-refractivity contribution is -0.115. The van der Waals surface area contributed by atoms with Crippen molar-refractivity contribution >= 4 is 46.8 Å². The van der Waals surface area contributed by atoms with Crippen LogP contribution in [0.3, 0.4) is 0 Å². The first kappa shape index (κ1) is 37.5. The smallest absolute Gasteiger partial charge is 0.251 e. The second-order valence-corrected chi connectivity index (χ2v) is 13.3. The van der Waals surface area contributed by atoms with Gasteiger partial charge in [-0.2, -0.15) is 15.0 Å². The first-order valence-corrected chi connectivity index (χ1v) is 17.6. The number of hydrogen-bond acceptors (Lipinski definition) is 14. The second kappa shape index (κ2) is 17.5. The molecule has 0 bridgehead atoms. The summed E-state index contributed by atoms with van der Waals surface area (Å²) in [5.74, 6) is 0.209. The Kier molecular flexibility index (Phi) is 12.8. The topological polar surface area (TPSA) is 240 Å². The van der Waals surface area contributed by atoms with E-state index in [1.54, 1.807) is 48.5 Å². The van der Waals surface area contributed by atoms with E-state index in [2.05, 4.69) is 44.7 Å². The minimum absolute atomic E-state index is 0.110. The predicted molar refractivity (Wildman–Crippen MR) is 199 cm³/mol. The van der Waals surface area contributed by atoms with Gasteiger partial charge in [0.1, 0.15) is 0 Å². The standard InChI is InChI=1S/C35H51N13O3/c1-3-46(4-2)14-13-40-32(51)23-7-11-28(12-8-23)41-31(50)17-30(49)22-5-9-29(10-6-22)42-33-43-34(47-18-24(36)15-25(37)19-47)45-35(44-33)48-20-26(38)16-27(39)21-48/h5-12,24-27H,3-4,13-21,36-39H2,1-2H3,(H,40,51)(H,41,50)(H,42,43,44,45)/t24-,25+,26-,27+. The highest BCUT2D eigenvalue weighted by Crippen LogP contribution is 2.24. The van der Waals surface area contributed by atoms with Crippen molar-refractivity contribution in [3.8, 4) is 0 Å². The lowest BCUT2D eigenvalue weighted by atomic mass is 10.0. The molecule has 0 saturated carbocycles. The van der Waals surface area contributed by atoms with Crippen molar-refractivity contribution in [3.63, 3.8) is 0 Å². The molecule has 2 aromatic carbocycles. The van der Waals surface area contributed by atoms with Crippen LogP contribution in [0.25, 0.3) is 0 Å². The number of rotatable bonds is 14. The third kappa shape index (κ3) is 10.6. The van der Waals surface area contributed by atoms with Crippen molar-refractivity contribution in [1.29, 1.82) is 0 Å². The van der Waals surface area contributed by atoms with Gasteiger partial charge in [-0.25, -0.2) is 0 Å². The van der Waals surface area contributed by atoms with Crippen LogP contribution >= 0.6 is 0 Å². The van der Waals surface area contributed by atoms with Crippen LogP contribution in [0.15, 0.2) is 48.5 Å². The van der Waals surface area contributed by atoms with Gasteiger partial charge in [-0.15, -0.1) is 0 Å². The van der Waals surface area contributed by atoms with Gasteiger partial charge in [-0.1, -0.05) is 13.8 Å². The van der Waals surface area contributed by atoms with E-state index in [4.69, 9.17) is 27.9 Å². The number of amides is 2. The molecule has 1 aromatic heterocycles. The van der Waals surface area contributed by atoms with E-state index in [9.17, 15) is 14.4 Å². The Labute approximate surface area is 298 Å². The minimum Gasteiger partial charge on any atom is -0.351 e. The van der Waals surface area contributed by atoms with Crippen LogP contribution in [0.4, 0.5) is 29.2 Å². The van der Waals surface area contributed by atoms with Gasteiger partial charge in [-0.3, -0.25) is 14.4 Å². The Hall–Kier alpha value is -4.74. The van der Waals surface area contributed by atoms with Crippen molar-refractivity contribution in [2.75, 3.05) is 72.8 Å². The number of anilines is 5. The molecule has 2 saturated heterocycles. The van der Waals surface area contributed by atoms with Crippen LogP contribution in [0.1, 0.15) is 53.8 Å². The summed E-state index contributed by atoms with van der Waals surface area (Å²) in [6.45, 7) is 9.56. The molecule has 16 heteroatoms. The number of benzene rings is 2. The number of nitrogens with zero attached hydrogens (tertiary/aromatic N) is 6. The van der Waals surface area contributed by atoms with E-state index in [0.29, 0.717) is 85.9 Å². The van der Waals surface area contributed by atoms with Gasteiger partial charge in [0.2, 0.25) is 23.8 Å². The first-order valence-electron chi connectivity index (χ1n) is 17.6. The van der Waals surface area contributed by atoms with Gasteiger partial charge >= 0.3 is 0 Å². The number of Topliss-reactive ketones (excluding diaryl/α,β-unsaturated/α-hetero) is 1. The second-order valence-electron chi connectivity index (χ2n) is 13.3. The van der Waals surface area contributed by atoms with Gasteiger partial charge in [0.05, 0.1) is 6.42 Å². The maximum absolute atomic E-state index is 13.0. The largest absolute Gasteiger partial charge is 0.351 e. The number of nitrogens with two attached hydrogens (primary N) is 4. The molecular formula is C35H51N13O3. The van der Waals surface area contributed by atoms with Gasteiger partial charge in [0.15, 0.2) is 5.78 Å². The van der Waals surface area contributed by atoms with Crippen LogP contribution in [-0.2, 0) is 4.79 Å². The SMILES string of the molecule is CCN(CC)CCNC(=O)c1ccc(NC(=O)CC(=O)c2ccc(Nc3nc(N4C[C@H](N)C[C@H](N)C4)nc(N4C[C@H](N)C[C@H](N)C4)n3)cc2)cc1. The molecule has 5 rings (SSSR count). The molecule has 51 heavy (non-hydrogen) atoms. The van der Waals surface area contributed by atoms with Crippen LogP contribution < -0.4 is 48.7 Å². The molecule has 2 aliphatic heterocycles. The Morgan fingerprint density at radius 2 is 1.22 bits per heavy atom. The number of likely N-dealkylation sites (N-methyl/N-ethyl adjacent to an activating group) is 1. The highest BCUT2D eigenvalue weighted by molar-refractivity contribution is 6.11. The lowest BCUT2D eigenvalue weighted by Crippen LogP contribution is -2.54. The summed E-state index contributed by atoms with van der Waals surface area (Å²) in [5, 5.41) is 8.86. The molecule has 3 heterocycles. The summed E-state index contributed by atoms with van der Waals surface area (Å²) in [7, 11) is 0. The number of piperidine rings is 2. The quantitative estimate of drug-likeness (QED) is 0.0902. The van der Waals surface area contributed by atoms with E-state index in [1.807, 2.05) is 9.80 Å². The Balaban J connectivity index is 1.19. The maximum Gasteiger partial charge on any atom is 0.251 e. The third-order valence-corrected chi connectivity index (χ3v) is 9.03. The molecular weight excluding hydrogens is 650 g/mol. The van der Waals surface area contributed by atoms with E-state index in [0.717, 1.165) is 19.6 Å². The zero-order valence-electron chi connectivity index (χ0n) is 29.4. The summed E-state index contributed by atoms with van der Waals surface area (Å²) >= 11 is 0. The lowest BCUT2D eigenvalue weighted by Gasteiger charge is -2.37. The number of nitrogens with one attached hydrogen (secondary N) is 3. The number of carbonyl (C=O) groups is 3. The van der Waals surface area contributed by atoms with Gasteiger partial charge in [-0.05, 0) is 74.5 Å². The number of ketones is 1. The fourth-order valence-electron chi connectivity index (χ4n) is 6.37. The predicted octanol–water partition coefficient (Wildman–Crippen LogP) is 0.628. The van der Waals surface area contributed by atoms with E-state index < -0.39 is 5.91 Å². The fourth-order valence-corrected chi connectivity index (χ4v) is 6.37. The number of hydrogen-bond donors (Lipinski definition) is 7. The molecule has 0 radical (unpaired) electrons. The van der Waals surface area contributed by atoms with Crippen LogP contribution in [0.5, 0.6) is 0 Å². The fraction of sp³-hybridized carbons (Fsp3) is 0.486. The minimum atomic E-state index is -0.460. The van der Waals surface area contributed by atoms with Gasteiger partial charge < -0.3 is 53.6 Å². The molecule has 2 fully saturated rings. The zero-order valence-corrected chi connectivity index (χ0v) is 29.4. The maximum atomic E-state index is 13.0. The average Bonchev–Trinajstić information content (AvgIpc) is 3.09. The first-order chi connectivity index (χ1) is 24.5. The van der Waals surface area contributed by atoms with E-state index >= 15 is 0 Å². The zero-order chi connectivity index (χ0) is 36.5. The molecule has 0 spiro atoms. The Morgan fingerprint density at radius 3 is 1.73 bits per heavy atom. The normalized spacial score (nSPS) is 20.6. The van der Waals surface area contributed by atoms with Crippen LogP contribution in [-0.4, -0.2) is 114 Å². The molecule has 16 nitrogen and oxygen atoms in total. The van der Waals surface area contributed by atoms with Crippen LogP contribution in [0.2, 0.25) is 0 Å². The molecule has 11 N–H and O–H groups in total. The Morgan fingerprint density at radius 1 is 0.725 bits per heavy atom.